The van der Waals surface area contributed by atoms with Crippen LogP contribution in [0.3, 0.4) is 0 Å². The van der Waals surface area contributed by atoms with Crippen LogP contribution in [0.5, 0.6) is 0 Å². The van der Waals surface area contributed by atoms with Crippen LogP contribution in [0.25, 0.3) is 0 Å². The van der Waals surface area contributed by atoms with Gasteiger partial charge in [-0.3, -0.25) is 4.79 Å². The molecule has 0 aliphatic heterocycles. The quantitative estimate of drug-likeness (QED) is 0.766. The number of carboxylic acids is 1. The molecule has 0 bridgehead atoms. The first kappa shape index (κ1) is 19.0. The number of carbonyl (C=O) groups is 2. The fourth-order valence-corrected chi connectivity index (χ4v) is 1.94. The second kappa shape index (κ2) is 8.52. The maximum Gasteiger partial charge on any atom is 0.411 e. The molecule has 23 heavy (non-hydrogen) atoms. The molecular weight excluding hydrogens is 315 g/mol. The fraction of sp³-hybridized carbons (Fsp3) is 0.467. The maximum atomic E-state index is 11.9. The fourth-order valence-electron chi connectivity index (χ4n) is 1.94. The van der Waals surface area contributed by atoms with E-state index >= 15 is 0 Å². The largest absolute Gasteiger partial charge is 0.478 e. The SMILES string of the molecule is CC(COCC(F)(F)F)NC(=O)CCc1ccccc1C(=O)O. The molecule has 0 radical (unpaired) electrons. The third kappa shape index (κ3) is 7.64. The van der Waals surface area contributed by atoms with Crippen molar-refractivity contribution in [1.82, 2.24) is 5.32 Å². The molecular formula is C15H18F3NO4. The number of nitrogens with one attached hydrogen (secondary N) is 1. The van der Waals surface area contributed by atoms with E-state index in [4.69, 9.17) is 5.11 Å². The Kier molecular flexibility index (Phi) is 7.02. The van der Waals surface area contributed by atoms with Gasteiger partial charge < -0.3 is 15.2 Å². The van der Waals surface area contributed by atoms with Gasteiger partial charge in [-0.1, -0.05) is 18.2 Å². The third-order valence-corrected chi connectivity index (χ3v) is 2.91. The van der Waals surface area contributed by atoms with Crippen molar-refractivity contribution in [3.05, 3.63) is 35.4 Å². The van der Waals surface area contributed by atoms with E-state index in [2.05, 4.69) is 10.1 Å². The highest BCUT2D eigenvalue weighted by atomic mass is 19.4. The summed E-state index contributed by atoms with van der Waals surface area (Å²) < 4.78 is 40.2. The Hall–Kier alpha value is -2.09. The van der Waals surface area contributed by atoms with Crippen LogP contribution in [0.2, 0.25) is 0 Å². The Labute approximate surface area is 131 Å². The topological polar surface area (TPSA) is 75.6 Å². The van der Waals surface area contributed by atoms with Crippen molar-refractivity contribution in [3.8, 4) is 0 Å². The normalized spacial score (nSPS) is 12.7. The smallest absolute Gasteiger partial charge is 0.411 e. The summed E-state index contributed by atoms with van der Waals surface area (Å²) in [6.07, 6.45) is -4.14. The number of rotatable bonds is 8. The van der Waals surface area contributed by atoms with Gasteiger partial charge in [-0.15, -0.1) is 0 Å². The van der Waals surface area contributed by atoms with Crippen molar-refractivity contribution in [2.24, 2.45) is 0 Å². The van der Waals surface area contributed by atoms with Crippen LogP contribution in [0, 0.1) is 0 Å². The van der Waals surface area contributed by atoms with Crippen LogP contribution in [-0.2, 0) is 16.0 Å². The lowest BCUT2D eigenvalue weighted by molar-refractivity contribution is -0.175. The minimum atomic E-state index is -4.40. The van der Waals surface area contributed by atoms with Crippen molar-refractivity contribution >= 4 is 11.9 Å². The molecule has 1 amide bonds. The number of benzene rings is 1. The molecule has 0 saturated heterocycles. The molecule has 0 spiro atoms. The van der Waals surface area contributed by atoms with Crippen molar-refractivity contribution in [2.75, 3.05) is 13.2 Å². The van der Waals surface area contributed by atoms with Crippen LogP contribution < -0.4 is 5.32 Å². The lowest BCUT2D eigenvalue weighted by Crippen LogP contribution is -2.37. The molecule has 0 aliphatic rings. The number of aromatic carboxylic acids is 1. The molecule has 0 heterocycles. The number of halogens is 3. The molecule has 1 aromatic carbocycles. The Morgan fingerprint density at radius 3 is 2.57 bits per heavy atom. The zero-order valence-electron chi connectivity index (χ0n) is 12.5. The summed E-state index contributed by atoms with van der Waals surface area (Å²) in [5.74, 6) is -1.46. The van der Waals surface area contributed by atoms with Crippen molar-refractivity contribution in [2.45, 2.75) is 32.0 Å². The highest BCUT2D eigenvalue weighted by molar-refractivity contribution is 5.89. The molecule has 1 atom stereocenters. The van der Waals surface area contributed by atoms with Crippen LogP contribution in [0.15, 0.2) is 24.3 Å². The molecule has 0 saturated carbocycles. The highest BCUT2D eigenvalue weighted by Gasteiger charge is 2.27. The van der Waals surface area contributed by atoms with E-state index in [1.807, 2.05) is 0 Å². The molecule has 1 unspecified atom stereocenters. The summed E-state index contributed by atoms with van der Waals surface area (Å²) in [5.41, 5.74) is 0.651. The number of carboxylic acid groups (broad SMARTS) is 1. The number of ether oxygens (including phenoxy) is 1. The lowest BCUT2D eigenvalue weighted by Gasteiger charge is -2.15. The Balaban J connectivity index is 2.38. The predicted octanol–water partition coefficient (Wildman–Crippen LogP) is 2.40. The Morgan fingerprint density at radius 2 is 1.96 bits per heavy atom. The van der Waals surface area contributed by atoms with Gasteiger partial charge in [0, 0.05) is 12.5 Å². The van der Waals surface area contributed by atoms with Gasteiger partial charge in [0.2, 0.25) is 5.91 Å². The minimum absolute atomic E-state index is 0.0356. The summed E-state index contributed by atoms with van der Waals surface area (Å²) in [6, 6.07) is 5.76. The standard InChI is InChI=1S/C15H18F3NO4/c1-10(8-23-9-15(16,17)18)19-13(20)7-6-11-4-2-3-5-12(11)14(21)22/h2-5,10H,6-9H2,1H3,(H,19,20)(H,21,22). The zero-order valence-corrected chi connectivity index (χ0v) is 12.5. The average molecular weight is 333 g/mol. The van der Waals surface area contributed by atoms with Gasteiger partial charge in [-0.05, 0) is 25.0 Å². The van der Waals surface area contributed by atoms with Gasteiger partial charge in [0.1, 0.15) is 6.61 Å². The first-order valence-electron chi connectivity index (χ1n) is 6.94. The van der Waals surface area contributed by atoms with E-state index in [9.17, 15) is 22.8 Å². The highest BCUT2D eigenvalue weighted by Crippen LogP contribution is 2.14. The first-order chi connectivity index (χ1) is 10.7. The summed E-state index contributed by atoms with van der Waals surface area (Å²) in [7, 11) is 0. The monoisotopic (exact) mass is 333 g/mol. The predicted molar refractivity (Wildman–Crippen MR) is 76.2 cm³/mol. The van der Waals surface area contributed by atoms with Crippen LogP contribution >= 0.6 is 0 Å². The van der Waals surface area contributed by atoms with Gasteiger partial charge in [-0.25, -0.2) is 4.79 Å². The third-order valence-electron chi connectivity index (χ3n) is 2.91. The molecule has 1 aromatic rings. The molecule has 1 rings (SSSR count). The number of hydrogen-bond acceptors (Lipinski definition) is 3. The number of alkyl halides is 3. The van der Waals surface area contributed by atoms with E-state index in [0.717, 1.165) is 0 Å². The molecule has 0 aromatic heterocycles. The zero-order chi connectivity index (χ0) is 17.5. The van der Waals surface area contributed by atoms with Crippen molar-refractivity contribution in [3.63, 3.8) is 0 Å². The molecule has 8 heteroatoms. The van der Waals surface area contributed by atoms with Crippen LogP contribution in [-0.4, -0.2) is 42.4 Å². The van der Waals surface area contributed by atoms with E-state index in [1.54, 1.807) is 18.2 Å². The first-order valence-corrected chi connectivity index (χ1v) is 6.94. The van der Waals surface area contributed by atoms with E-state index < -0.39 is 24.8 Å². The summed E-state index contributed by atoms with van der Waals surface area (Å²) in [4.78, 5) is 22.8. The van der Waals surface area contributed by atoms with Crippen molar-refractivity contribution < 1.29 is 32.6 Å². The Morgan fingerprint density at radius 1 is 1.30 bits per heavy atom. The van der Waals surface area contributed by atoms with Crippen molar-refractivity contribution in [1.29, 1.82) is 0 Å². The van der Waals surface area contributed by atoms with Crippen LogP contribution in [0.4, 0.5) is 13.2 Å². The van der Waals surface area contributed by atoms with E-state index in [1.165, 1.54) is 13.0 Å². The molecule has 0 fully saturated rings. The summed E-state index contributed by atoms with van der Waals surface area (Å²) >= 11 is 0. The maximum absolute atomic E-state index is 11.9. The van der Waals surface area contributed by atoms with E-state index in [0.29, 0.717) is 5.56 Å². The minimum Gasteiger partial charge on any atom is -0.478 e. The van der Waals surface area contributed by atoms with Gasteiger partial charge in [0.25, 0.3) is 0 Å². The van der Waals surface area contributed by atoms with Gasteiger partial charge in [0.15, 0.2) is 0 Å². The molecule has 0 aliphatic carbocycles. The number of hydrogen-bond donors (Lipinski definition) is 2. The second-order valence-electron chi connectivity index (χ2n) is 5.06. The van der Waals surface area contributed by atoms with E-state index in [-0.39, 0.29) is 30.9 Å². The summed E-state index contributed by atoms with van der Waals surface area (Å²) in [6.45, 7) is -0.0877. The molecule has 128 valence electrons. The molecule has 5 nitrogen and oxygen atoms in total. The average Bonchev–Trinajstić information content (AvgIpc) is 2.43. The number of amides is 1. The number of aryl methyl sites for hydroxylation is 1. The number of carbonyl (C=O) groups excluding carboxylic acids is 1. The Bertz CT molecular complexity index is 546. The van der Waals surface area contributed by atoms with Gasteiger partial charge in [0.05, 0.1) is 12.2 Å². The second-order valence-corrected chi connectivity index (χ2v) is 5.06. The van der Waals surface area contributed by atoms with Gasteiger partial charge in [-0.2, -0.15) is 13.2 Å². The summed E-state index contributed by atoms with van der Waals surface area (Å²) in [5, 5.41) is 11.5. The lowest BCUT2D eigenvalue weighted by atomic mass is 10.0. The van der Waals surface area contributed by atoms with Gasteiger partial charge >= 0.3 is 12.1 Å². The van der Waals surface area contributed by atoms with Crippen LogP contribution in [0.1, 0.15) is 29.3 Å². The molecule has 2 N–H and O–H groups in total.